The minimum absolute atomic E-state index is 0.148. The molecule has 0 spiro atoms. The van der Waals surface area contributed by atoms with Crippen LogP contribution in [0.5, 0.6) is 0 Å². The van der Waals surface area contributed by atoms with Crippen molar-refractivity contribution in [3.05, 3.63) is 0 Å². The second-order valence-corrected chi connectivity index (χ2v) is 11.1. The van der Waals surface area contributed by atoms with Gasteiger partial charge in [0.15, 0.2) is 0 Å². The third kappa shape index (κ3) is 2.97. The number of aliphatic carboxylic acids is 1. The van der Waals surface area contributed by atoms with Crippen molar-refractivity contribution in [1.82, 2.24) is 0 Å². The van der Waals surface area contributed by atoms with E-state index in [1.807, 2.05) is 0 Å². The Morgan fingerprint density at radius 1 is 1.14 bits per heavy atom. The third-order valence-corrected chi connectivity index (χ3v) is 10.1. The third-order valence-electron chi connectivity index (χ3n) is 10.1. The number of aliphatic hydroxyl groups is 1. The van der Waals surface area contributed by atoms with E-state index in [2.05, 4.69) is 20.8 Å². The first kappa shape index (κ1) is 20.4. The van der Waals surface area contributed by atoms with Gasteiger partial charge in [-0.1, -0.05) is 20.8 Å². The molecule has 4 fully saturated rings. The maximum absolute atomic E-state index is 13.6. The van der Waals surface area contributed by atoms with Gasteiger partial charge in [-0.3, -0.25) is 9.59 Å². The Bertz CT molecular complexity index is 645. The van der Waals surface area contributed by atoms with E-state index in [4.69, 9.17) is 5.11 Å². The number of rotatable bonds is 4. The van der Waals surface area contributed by atoms with Crippen LogP contribution in [-0.2, 0) is 9.59 Å². The molecule has 0 amide bonds. The van der Waals surface area contributed by atoms with E-state index < -0.39 is 5.97 Å². The van der Waals surface area contributed by atoms with Crippen LogP contribution in [0.2, 0.25) is 0 Å². The molecule has 0 aromatic heterocycles. The average molecular weight is 391 g/mol. The van der Waals surface area contributed by atoms with Gasteiger partial charge in [0.05, 0.1) is 6.10 Å². The minimum atomic E-state index is -0.729. The fourth-order valence-corrected chi connectivity index (χ4v) is 8.44. The van der Waals surface area contributed by atoms with E-state index >= 15 is 0 Å². The first-order valence-corrected chi connectivity index (χ1v) is 11.6. The van der Waals surface area contributed by atoms with Crippen LogP contribution in [0.15, 0.2) is 0 Å². The summed E-state index contributed by atoms with van der Waals surface area (Å²) in [7, 11) is 0. The molecule has 0 aromatic rings. The molecule has 4 saturated carbocycles. The summed E-state index contributed by atoms with van der Waals surface area (Å²) >= 11 is 0. The van der Waals surface area contributed by atoms with E-state index in [9.17, 15) is 14.7 Å². The van der Waals surface area contributed by atoms with E-state index in [1.54, 1.807) is 0 Å². The molecule has 4 aliphatic carbocycles. The normalized spacial score (nSPS) is 49.1. The number of carbonyl (C=O) groups is 2. The first-order valence-electron chi connectivity index (χ1n) is 11.6. The van der Waals surface area contributed by atoms with Crippen LogP contribution < -0.4 is 0 Å². The molecule has 0 bridgehead atoms. The van der Waals surface area contributed by atoms with Crippen molar-refractivity contribution in [1.29, 1.82) is 0 Å². The Morgan fingerprint density at radius 2 is 1.89 bits per heavy atom. The van der Waals surface area contributed by atoms with Gasteiger partial charge in [0.2, 0.25) is 0 Å². The molecule has 28 heavy (non-hydrogen) atoms. The van der Waals surface area contributed by atoms with Crippen molar-refractivity contribution in [3.63, 3.8) is 0 Å². The zero-order valence-corrected chi connectivity index (χ0v) is 17.8. The second-order valence-electron chi connectivity index (χ2n) is 11.1. The lowest BCUT2D eigenvalue weighted by atomic mass is 9.44. The summed E-state index contributed by atoms with van der Waals surface area (Å²) in [5, 5.41) is 19.3. The van der Waals surface area contributed by atoms with E-state index in [0.29, 0.717) is 54.1 Å². The van der Waals surface area contributed by atoms with Gasteiger partial charge in [0, 0.05) is 18.3 Å². The second kappa shape index (κ2) is 7.11. The van der Waals surface area contributed by atoms with Crippen LogP contribution in [0.1, 0.15) is 85.0 Å². The Kier molecular flexibility index (Phi) is 5.17. The van der Waals surface area contributed by atoms with Crippen molar-refractivity contribution in [2.24, 2.45) is 46.3 Å². The average Bonchev–Trinajstić information content (AvgIpc) is 3.00. The number of aliphatic hydroxyl groups excluding tert-OH is 1. The summed E-state index contributed by atoms with van der Waals surface area (Å²) in [4.78, 5) is 24.7. The molecular formula is C24H38O4. The highest BCUT2D eigenvalue weighted by Gasteiger charge is 2.63. The Morgan fingerprint density at radius 3 is 2.61 bits per heavy atom. The molecule has 158 valence electrons. The molecule has 0 radical (unpaired) electrons. The number of hydrogen-bond donors (Lipinski definition) is 2. The summed E-state index contributed by atoms with van der Waals surface area (Å²) in [6.45, 7) is 6.81. The van der Waals surface area contributed by atoms with Crippen molar-refractivity contribution in [3.8, 4) is 0 Å². The number of carboxylic acid groups (broad SMARTS) is 1. The number of Topliss-reactive ketones (excluding diaryl/α,β-unsaturated/α-hetero) is 1. The predicted octanol–water partition coefficient (Wildman–Crippen LogP) is 4.69. The molecule has 4 aliphatic rings. The molecule has 9 atom stereocenters. The topological polar surface area (TPSA) is 74.6 Å². The number of hydrogen-bond acceptors (Lipinski definition) is 3. The first-order chi connectivity index (χ1) is 13.2. The molecule has 4 nitrogen and oxygen atoms in total. The van der Waals surface area contributed by atoms with Gasteiger partial charge in [0.25, 0.3) is 0 Å². The summed E-state index contributed by atoms with van der Waals surface area (Å²) in [6, 6.07) is 0. The SMILES string of the molecule is C[C@H](CCC(=O)O)[C@@H]1CC[C@H]2[C@H]3CC[C@@H]4C[C@H](O)CC[C@]4(C)[C@@H]3CC(=O)[C@@]21C. The quantitative estimate of drug-likeness (QED) is 0.730. The number of carbonyl (C=O) groups excluding carboxylic acids is 1. The van der Waals surface area contributed by atoms with Crippen LogP contribution in [0.25, 0.3) is 0 Å². The van der Waals surface area contributed by atoms with Gasteiger partial charge < -0.3 is 10.2 Å². The van der Waals surface area contributed by atoms with Crippen LogP contribution in [0.4, 0.5) is 0 Å². The lowest BCUT2D eigenvalue weighted by molar-refractivity contribution is -0.160. The van der Waals surface area contributed by atoms with Crippen molar-refractivity contribution < 1.29 is 19.8 Å². The number of carboxylic acids is 1. The Balaban J connectivity index is 1.57. The molecule has 2 N–H and O–H groups in total. The van der Waals surface area contributed by atoms with E-state index in [1.165, 1.54) is 12.8 Å². The van der Waals surface area contributed by atoms with Gasteiger partial charge in [0.1, 0.15) is 5.78 Å². The van der Waals surface area contributed by atoms with Crippen LogP contribution in [-0.4, -0.2) is 28.1 Å². The summed E-state index contributed by atoms with van der Waals surface area (Å²) in [5.74, 6) is 2.52. The van der Waals surface area contributed by atoms with Crippen molar-refractivity contribution in [2.75, 3.05) is 0 Å². The lowest BCUT2D eigenvalue weighted by Crippen LogP contribution is -2.57. The van der Waals surface area contributed by atoms with Crippen LogP contribution in [0, 0.1) is 46.3 Å². The smallest absolute Gasteiger partial charge is 0.303 e. The van der Waals surface area contributed by atoms with Crippen molar-refractivity contribution in [2.45, 2.75) is 91.1 Å². The zero-order valence-electron chi connectivity index (χ0n) is 17.8. The fraction of sp³-hybridized carbons (Fsp3) is 0.917. The van der Waals surface area contributed by atoms with Gasteiger partial charge in [-0.2, -0.15) is 0 Å². The summed E-state index contributed by atoms with van der Waals surface area (Å²) in [6.07, 6.45) is 8.96. The molecular weight excluding hydrogens is 352 g/mol. The largest absolute Gasteiger partial charge is 0.481 e. The predicted molar refractivity (Wildman–Crippen MR) is 108 cm³/mol. The summed E-state index contributed by atoms with van der Waals surface area (Å²) in [5.41, 5.74) is -0.0391. The highest BCUT2D eigenvalue weighted by Crippen LogP contribution is 2.67. The van der Waals surface area contributed by atoms with Crippen molar-refractivity contribution >= 4 is 11.8 Å². The summed E-state index contributed by atoms with van der Waals surface area (Å²) < 4.78 is 0. The molecule has 0 aliphatic heterocycles. The fourth-order valence-electron chi connectivity index (χ4n) is 8.44. The van der Waals surface area contributed by atoms with Gasteiger partial charge >= 0.3 is 5.97 Å². The maximum Gasteiger partial charge on any atom is 0.303 e. The minimum Gasteiger partial charge on any atom is -0.481 e. The van der Waals surface area contributed by atoms with Crippen LogP contribution >= 0.6 is 0 Å². The molecule has 0 heterocycles. The highest BCUT2D eigenvalue weighted by molar-refractivity contribution is 5.87. The molecule has 0 unspecified atom stereocenters. The highest BCUT2D eigenvalue weighted by atomic mass is 16.4. The monoisotopic (exact) mass is 390 g/mol. The van der Waals surface area contributed by atoms with Gasteiger partial charge in [-0.05, 0) is 92.3 Å². The standard InChI is InChI=1S/C24H38O4/c1-14(4-9-22(27)28)18-7-8-19-17-6-5-15-12-16(25)10-11-23(15,2)20(17)13-21(26)24(18,19)3/h14-20,25H,4-13H2,1-3H3,(H,27,28)/t14-,15-,16-,17-,18+,19+,20-,23+,24-/m1/s1. The molecule has 0 saturated heterocycles. The van der Waals surface area contributed by atoms with E-state index in [0.717, 1.165) is 32.1 Å². The van der Waals surface area contributed by atoms with E-state index in [-0.39, 0.29) is 23.4 Å². The number of ketones is 1. The van der Waals surface area contributed by atoms with Crippen LogP contribution in [0.3, 0.4) is 0 Å². The van der Waals surface area contributed by atoms with Gasteiger partial charge in [-0.15, -0.1) is 0 Å². The lowest BCUT2D eigenvalue weighted by Gasteiger charge is -2.60. The Hall–Kier alpha value is -0.900. The maximum atomic E-state index is 13.6. The molecule has 0 aromatic carbocycles. The molecule has 4 heteroatoms. The van der Waals surface area contributed by atoms with Gasteiger partial charge in [-0.25, -0.2) is 0 Å². The Labute approximate surface area is 169 Å². The molecule has 4 rings (SSSR count). The zero-order chi connectivity index (χ0) is 20.3. The number of fused-ring (bicyclic) bond motifs is 5.